The van der Waals surface area contributed by atoms with Crippen LogP contribution in [0, 0.1) is 0 Å². The van der Waals surface area contributed by atoms with Gasteiger partial charge in [0.25, 0.3) is 5.91 Å². The Morgan fingerprint density at radius 3 is 2.39 bits per heavy atom. The molecule has 4 rings (SSSR count). The van der Waals surface area contributed by atoms with E-state index in [0.717, 1.165) is 13.1 Å². The number of rotatable bonds is 6. The molecule has 1 aliphatic rings. The van der Waals surface area contributed by atoms with Gasteiger partial charge < -0.3 is 19.7 Å². The molecule has 0 saturated carbocycles. The summed E-state index contributed by atoms with van der Waals surface area (Å²) in [5.41, 5.74) is 1.25. The first-order valence-corrected chi connectivity index (χ1v) is 12.6. The fraction of sp³-hybridized carbons (Fsp3) is 0.357. The van der Waals surface area contributed by atoms with Crippen LogP contribution in [0.2, 0.25) is 0 Å². The van der Waals surface area contributed by atoms with Crippen LogP contribution in [0.25, 0.3) is 11.3 Å². The first kappa shape index (κ1) is 26.9. The molecule has 2 aromatic carbocycles. The molecule has 200 valence electrons. The zero-order chi connectivity index (χ0) is 27.1. The van der Waals surface area contributed by atoms with E-state index in [1.54, 1.807) is 53.6 Å². The number of carbonyl (C=O) groups is 3. The van der Waals surface area contributed by atoms with Gasteiger partial charge in [-0.3, -0.25) is 9.69 Å². The second-order valence-electron chi connectivity index (χ2n) is 9.99. The van der Waals surface area contributed by atoms with Gasteiger partial charge in [0, 0.05) is 56.6 Å². The lowest BCUT2D eigenvalue weighted by molar-refractivity contribution is 0.0147. The standard InChI is InChI=1S/C28H33N5O5/c1-28(2,3)38-27(36)32-16-14-31(15-17-32)13-12-29-25(34)22-9-7-8-21(18-22)24-19-33(20-30-24)26(35)37-23-10-5-4-6-11-23/h4-11,18-20H,12-17H2,1-3H3,(H,29,34). The highest BCUT2D eigenvalue weighted by Gasteiger charge is 2.25. The zero-order valence-corrected chi connectivity index (χ0v) is 21.9. The van der Waals surface area contributed by atoms with E-state index < -0.39 is 11.7 Å². The average molecular weight is 520 g/mol. The quantitative estimate of drug-likeness (QED) is 0.527. The predicted octanol–water partition coefficient (Wildman–Crippen LogP) is 3.88. The molecule has 10 heteroatoms. The van der Waals surface area contributed by atoms with Crippen LogP contribution in [0.1, 0.15) is 31.1 Å². The zero-order valence-electron chi connectivity index (χ0n) is 21.9. The van der Waals surface area contributed by atoms with Gasteiger partial charge >= 0.3 is 12.2 Å². The topological polar surface area (TPSA) is 106 Å². The van der Waals surface area contributed by atoms with Crippen molar-refractivity contribution in [2.24, 2.45) is 0 Å². The number of para-hydroxylation sites is 1. The number of hydrogen-bond acceptors (Lipinski definition) is 7. The van der Waals surface area contributed by atoms with Gasteiger partial charge in [0.2, 0.25) is 0 Å². The summed E-state index contributed by atoms with van der Waals surface area (Å²) >= 11 is 0. The summed E-state index contributed by atoms with van der Waals surface area (Å²) in [6, 6.07) is 15.9. The molecule has 1 aromatic heterocycles. The Morgan fingerprint density at radius 1 is 0.947 bits per heavy atom. The average Bonchev–Trinajstić information content (AvgIpc) is 3.39. The van der Waals surface area contributed by atoms with E-state index >= 15 is 0 Å². The third-order valence-electron chi connectivity index (χ3n) is 5.90. The molecule has 0 bridgehead atoms. The molecular weight excluding hydrogens is 486 g/mol. The Kier molecular flexibility index (Phi) is 8.42. The number of nitrogens with zero attached hydrogens (tertiary/aromatic N) is 4. The van der Waals surface area contributed by atoms with Gasteiger partial charge in [-0.15, -0.1) is 0 Å². The minimum Gasteiger partial charge on any atom is -0.444 e. The van der Waals surface area contributed by atoms with E-state index in [2.05, 4.69) is 15.2 Å². The number of imidazole rings is 1. The SMILES string of the molecule is CC(C)(C)OC(=O)N1CCN(CCNC(=O)c2cccc(-c3cn(C(=O)Oc4ccccc4)cn3)c2)CC1. The second kappa shape index (κ2) is 11.9. The molecule has 2 heterocycles. The summed E-state index contributed by atoms with van der Waals surface area (Å²) in [7, 11) is 0. The van der Waals surface area contributed by atoms with E-state index in [9.17, 15) is 14.4 Å². The van der Waals surface area contributed by atoms with Gasteiger partial charge in [-0.25, -0.2) is 19.1 Å². The third kappa shape index (κ3) is 7.42. The number of amides is 2. The van der Waals surface area contributed by atoms with Crippen LogP contribution in [-0.4, -0.2) is 82.3 Å². The van der Waals surface area contributed by atoms with Gasteiger partial charge in [0.05, 0.1) is 5.69 Å². The third-order valence-corrected chi connectivity index (χ3v) is 5.90. The monoisotopic (exact) mass is 519 g/mol. The van der Waals surface area contributed by atoms with Crippen molar-refractivity contribution in [3.05, 3.63) is 72.7 Å². The van der Waals surface area contributed by atoms with Crippen LogP contribution in [0.3, 0.4) is 0 Å². The lowest BCUT2D eigenvalue weighted by atomic mass is 10.1. The largest absolute Gasteiger partial charge is 0.444 e. The summed E-state index contributed by atoms with van der Waals surface area (Å²) in [4.78, 5) is 45.6. The first-order chi connectivity index (χ1) is 18.2. The summed E-state index contributed by atoms with van der Waals surface area (Å²) in [5, 5.41) is 2.96. The highest BCUT2D eigenvalue weighted by molar-refractivity contribution is 5.95. The summed E-state index contributed by atoms with van der Waals surface area (Å²) < 4.78 is 12.0. The maximum atomic E-state index is 12.8. The van der Waals surface area contributed by atoms with Crippen LogP contribution in [0.4, 0.5) is 9.59 Å². The Labute approximate surface area is 222 Å². The normalized spacial score (nSPS) is 14.1. The molecule has 10 nitrogen and oxygen atoms in total. The number of benzene rings is 2. The van der Waals surface area contributed by atoms with Gasteiger partial charge in [0.15, 0.2) is 0 Å². The molecule has 2 amide bonds. The van der Waals surface area contributed by atoms with Crippen LogP contribution in [-0.2, 0) is 4.74 Å². The van der Waals surface area contributed by atoms with Crippen LogP contribution >= 0.6 is 0 Å². The number of piperazine rings is 1. The molecule has 38 heavy (non-hydrogen) atoms. The van der Waals surface area contributed by atoms with Crippen molar-refractivity contribution in [2.45, 2.75) is 26.4 Å². The Morgan fingerprint density at radius 2 is 1.68 bits per heavy atom. The molecular formula is C28H33N5O5. The minimum atomic E-state index is -0.573. The maximum absolute atomic E-state index is 12.8. The van der Waals surface area contributed by atoms with Gasteiger partial charge in [-0.2, -0.15) is 0 Å². The Bertz CT molecular complexity index is 1260. The highest BCUT2D eigenvalue weighted by Crippen LogP contribution is 2.19. The van der Waals surface area contributed by atoms with Crippen LogP contribution < -0.4 is 10.1 Å². The molecule has 1 aliphatic heterocycles. The second-order valence-corrected chi connectivity index (χ2v) is 9.99. The number of hydrogen-bond donors (Lipinski definition) is 1. The van der Waals surface area contributed by atoms with Crippen molar-refractivity contribution in [1.82, 2.24) is 24.7 Å². The van der Waals surface area contributed by atoms with Crippen molar-refractivity contribution in [1.29, 1.82) is 0 Å². The summed E-state index contributed by atoms with van der Waals surface area (Å²) in [5.74, 6) is 0.249. The van der Waals surface area contributed by atoms with E-state index in [-0.39, 0.29) is 12.0 Å². The smallest absolute Gasteiger partial charge is 0.424 e. The molecule has 0 unspecified atom stereocenters. The molecule has 0 aliphatic carbocycles. The van der Waals surface area contributed by atoms with E-state index in [1.807, 2.05) is 32.9 Å². The van der Waals surface area contributed by atoms with E-state index in [1.165, 1.54) is 10.9 Å². The van der Waals surface area contributed by atoms with E-state index in [0.29, 0.717) is 48.7 Å². The molecule has 1 N–H and O–H groups in total. The number of carbonyl (C=O) groups excluding carboxylic acids is 3. The molecule has 3 aromatic rings. The van der Waals surface area contributed by atoms with Gasteiger partial charge in [-0.05, 0) is 45.0 Å². The van der Waals surface area contributed by atoms with Crippen molar-refractivity contribution >= 4 is 18.1 Å². The maximum Gasteiger partial charge on any atom is 0.424 e. The Balaban J connectivity index is 1.25. The molecule has 1 saturated heterocycles. The number of aromatic nitrogens is 2. The Hall–Kier alpha value is -4.18. The predicted molar refractivity (Wildman–Crippen MR) is 142 cm³/mol. The van der Waals surface area contributed by atoms with Crippen LogP contribution in [0.15, 0.2) is 67.1 Å². The minimum absolute atomic E-state index is 0.192. The fourth-order valence-corrected chi connectivity index (χ4v) is 3.94. The van der Waals surface area contributed by atoms with Crippen molar-refractivity contribution < 1.29 is 23.9 Å². The highest BCUT2D eigenvalue weighted by atomic mass is 16.6. The van der Waals surface area contributed by atoms with Crippen LogP contribution in [0.5, 0.6) is 5.75 Å². The molecule has 0 spiro atoms. The fourth-order valence-electron chi connectivity index (χ4n) is 3.94. The van der Waals surface area contributed by atoms with Crippen molar-refractivity contribution in [2.75, 3.05) is 39.3 Å². The van der Waals surface area contributed by atoms with Crippen molar-refractivity contribution in [3.63, 3.8) is 0 Å². The molecule has 0 radical (unpaired) electrons. The number of ether oxygens (including phenoxy) is 2. The first-order valence-electron chi connectivity index (χ1n) is 12.6. The van der Waals surface area contributed by atoms with E-state index in [4.69, 9.17) is 9.47 Å². The molecule has 1 fully saturated rings. The summed E-state index contributed by atoms with van der Waals surface area (Å²) in [6.07, 6.45) is 2.09. The molecule has 0 atom stereocenters. The van der Waals surface area contributed by atoms with Crippen molar-refractivity contribution in [3.8, 4) is 17.0 Å². The number of nitrogens with one attached hydrogen (secondary N) is 1. The lowest BCUT2D eigenvalue weighted by Gasteiger charge is -2.35. The summed E-state index contributed by atoms with van der Waals surface area (Å²) in [6.45, 7) is 9.36. The van der Waals surface area contributed by atoms with Gasteiger partial charge in [-0.1, -0.05) is 30.3 Å². The van der Waals surface area contributed by atoms with Gasteiger partial charge in [0.1, 0.15) is 17.7 Å². The lowest BCUT2D eigenvalue weighted by Crippen LogP contribution is -2.51.